The Balaban J connectivity index is 1.31. The second-order valence-corrected chi connectivity index (χ2v) is 7.87. The Morgan fingerprint density at radius 1 is 1.00 bits per heavy atom. The number of amides is 1. The number of nitrogens with zero attached hydrogens (tertiary/aromatic N) is 6. The van der Waals surface area contributed by atoms with Gasteiger partial charge in [0, 0.05) is 72.4 Å². The molecule has 1 saturated heterocycles. The van der Waals surface area contributed by atoms with E-state index in [2.05, 4.69) is 20.4 Å². The van der Waals surface area contributed by atoms with Gasteiger partial charge in [-0.05, 0) is 42.2 Å². The molecule has 1 fully saturated rings. The average molecular weight is 431 g/mol. The van der Waals surface area contributed by atoms with Crippen molar-refractivity contribution in [3.8, 4) is 11.1 Å². The summed E-state index contributed by atoms with van der Waals surface area (Å²) in [5, 5.41) is 9.03. The fraction of sp³-hybridized carbons (Fsp3) is 0.250. The van der Waals surface area contributed by atoms with Crippen LogP contribution in [0.25, 0.3) is 21.9 Å². The van der Waals surface area contributed by atoms with Crippen molar-refractivity contribution in [3.05, 3.63) is 66.7 Å². The third-order valence-corrected chi connectivity index (χ3v) is 5.61. The van der Waals surface area contributed by atoms with Gasteiger partial charge < -0.3 is 15.1 Å². The third-order valence-electron chi connectivity index (χ3n) is 5.61. The first kappa shape index (κ1) is 16.9. The fourth-order valence-corrected chi connectivity index (χ4v) is 3.82. The minimum atomic E-state index is -2.09. The van der Waals surface area contributed by atoms with Crippen LogP contribution in [0, 0.1) is 0 Å². The molecule has 0 saturated carbocycles. The van der Waals surface area contributed by atoms with Crippen LogP contribution in [0.4, 0.5) is 11.6 Å². The Morgan fingerprint density at radius 2 is 1.88 bits per heavy atom. The van der Waals surface area contributed by atoms with E-state index in [4.69, 9.17) is 4.11 Å². The first-order valence-electron chi connectivity index (χ1n) is 11.9. The van der Waals surface area contributed by atoms with Gasteiger partial charge in [0.2, 0.25) is 0 Å². The minimum Gasteiger partial charge on any atom is -0.354 e. The Hall–Kier alpha value is -3.78. The standard InChI is InChI=1S/C24H25N7O/c1-29-7-9-31(10-8-29)23-13-18(5-6-25-23)24(32)28-22-12-20-11-17(3-4-19(20)14-26-22)21-15-27-30(2)16-21/h3-6,11-16H,7-10H2,1-2H3,(H,26,28,32)/i1D3. The van der Waals surface area contributed by atoms with Gasteiger partial charge >= 0.3 is 0 Å². The smallest absolute Gasteiger partial charge is 0.257 e. The maximum Gasteiger partial charge on any atom is 0.257 e. The van der Waals surface area contributed by atoms with Gasteiger partial charge in [0.1, 0.15) is 11.6 Å². The van der Waals surface area contributed by atoms with Crippen molar-refractivity contribution < 1.29 is 8.91 Å². The molecule has 1 aliphatic heterocycles. The highest BCUT2D eigenvalue weighted by Gasteiger charge is 2.17. The van der Waals surface area contributed by atoms with Crippen LogP contribution in [-0.4, -0.2) is 63.7 Å². The number of carbonyl (C=O) groups excluding carboxylic acids is 1. The Labute approximate surface area is 190 Å². The van der Waals surface area contributed by atoms with Gasteiger partial charge in [0.15, 0.2) is 0 Å². The SMILES string of the molecule is [2H]C([2H])([2H])N1CCN(c2cc(C(=O)Nc3cc4cc(-c5cnn(C)c5)ccc4cn3)ccn2)CC1. The van der Waals surface area contributed by atoms with Crippen molar-refractivity contribution in [2.45, 2.75) is 0 Å². The van der Waals surface area contributed by atoms with Gasteiger partial charge in [0.05, 0.1) is 6.20 Å². The summed E-state index contributed by atoms with van der Waals surface area (Å²) < 4.78 is 24.4. The highest BCUT2D eigenvalue weighted by Crippen LogP contribution is 2.25. The maximum absolute atomic E-state index is 13.0. The molecule has 0 spiro atoms. The lowest BCUT2D eigenvalue weighted by atomic mass is 10.1. The molecule has 0 aliphatic carbocycles. The number of fused-ring (bicyclic) bond motifs is 1. The van der Waals surface area contributed by atoms with Crippen molar-refractivity contribution in [2.75, 3.05) is 43.4 Å². The van der Waals surface area contributed by atoms with Crippen LogP contribution in [0.3, 0.4) is 0 Å². The second-order valence-electron chi connectivity index (χ2n) is 7.87. The Bertz CT molecular complexity index is 1380. The van der Waals surface area contributed by atoms with Crippen LogP contribution >= 0.6 is 0 Å². The number of benzene rings is 1. The second kappa shape index (κ2) is 8.39. The summed E-state index contributed by atoms with van der Waals surface area (Å²) in [6.45, 7) is -0.204. The van der Waals surface area contributed by atoms with Gasteiger partial charge in [0.25, 0.3) is 5.91 Å². The molecule has 4 aromatic rings. The topological polar surface area (TPSA) is 79.2 Å². The quantitative estimate of drug-likeness (QED) is 0.536. The summed E-state index contributed by atoms with van der Waals surface area (Å²) in [6.07, 6.45) is 7.10. The molecule has 1 amide bonds. The molecule has 8 nitrogen and oxygen atoms in total. The van der Waals surface area contributed by atoms with E-state index in [9.17, 15) is 4.79 Å². The van der Waals surface area contributed by atoms with Gasteiger partial charge in [-0.2, -0.15) is 5.10 Å². The van der Waals surface area contributed by atoms with E-state index in [1.165, 1.54) is 4.90 Å². The number of hydrogen-bond donors (Lipinski definition) is 1. The molecule has 1 aromatic carbocycles. The molecule has 32 heavy (non-hydrogen) atoms. The lowest BCUT2D eigenvalue weighted by molar-refractivity contribution is 0.102. The van der Waals surface area contributed by atoms with Crippen molar-refractivity contribution in [1.82, 2.24) is 24.6 Å². The zero-order valence-corrected chi connectivity index (χ0v) is 17.7. The van der Waals surface area contributed by atoms with Crippen molar-refractivity contribution in [2.24, 2.45) is 7.05 Å². The van der Waals surface area contributed by atoms with Gasteiger partial charge in [-0.1, -0.05) is 12.1 Å². The lowest BCUT2D eigenvalue weighted by Crippen LogP contribution is -2.44. The molecule has 8 heteroatoms. The largest absolute Gasteiger partial charge is 0.354 e. The van der Waals surface area contributed by atoms with Crippen LogP contribution in [0.15, 0.2) is 61.2 Å². The normalized spacial score (nSPS) is 16.4. The van der Waals surface area contributed by atoms with Crippen molar-refractivity contribution in [3.63, 3.8) is 0 Å². The molecular formula is C24H25N7O. The summed E-state index contributed by atoms with van der Waals surface area (Å²) in [7, 11) is 1.88. The summed E-state index contributed by atoms with van der Waals surface area (Å²) in [5.74, 6) is 0.816. The number of anilines is 2. The molecule has 3 aromatic heterocycles. The van der Waals surface area contributed by atoms with Crippen LogP contribution in [-0.2, 0) is 7.05 Å². The number of likely N-dealkylation sites (N-methyl/N-ethyl adjacent to an activating group) is 1. The molecule has 5 rings (SSSR count). The van der Waals surface area contributed by atoms with Crippen molar-refractivity contribution in [1.29, 1.82) is 0 Å². The van der Waals surface area contributed by atoms with Gasteiger partial charge in [-0.25, -0.2) is 9.97 Å². The Kier molecular flexibility index (Phi) is 4.42. The molecular weight excluding hydrogens is 402 g/mol. The molecule has 1 N–H and O–H groups in total. The first-order chi connectivity index (χ1) is 16.8. The summed E-state index contributed by atoms with van der Waals surface area (Å²) >= 11 is 0. The zero-order chi connectivity index (χ0) is 24.6. The minimum absolute atomic E-state index is 0.287. The molecule has 0 unspecified atom stereocenters. The number of pyridine rings is 2. The van der Waals surface area contributed by atoms with Crippen LogP contribution in [0.2, 0.25) is 0 Å². The highest BCUT2D eigenvalue weighted by atomic mass is 16.1. The van der Waals surface area contributed by atoms with E-state index in [0.717, 1.165) is 21.9 Å². The highest BCUT2D eigenvalue weighted by molar-refractivity contribution is 6.05. The summed E-state index contributed by atoms with van der Waals surface area (Å²) in [6, 6.07) is 11.3. The van der Waals surface area contributed by atoms with E-state index >= 15 is 0 Å². The summed E-state index contributed by atoms with van der Waals surface area (Å²) in [5.41, 5.74) is 2.51. The molecule has 1 aliphatic rings. The van der Waals surface area contributed by atoms with Crippen LogP contribution in [0.5, 0.6) is 0 Å². The summed E-state index contributed by atoms with van der Waals surface area (Å²) in [4.78, 5) is 25.2. The number of aromatic nitrogens is 4. The van der Waals surface area contributed by atoms with E-state index < -0.39 is 6.98 Å². The van der Waals surface area contributed by atoms with Crippen LogP contribution in [0.1, 0.15) is 14.5 Å². The van der Waals surface area contributed by atoms with Crippen molar-refractivity contribution >= 4 is 28.3 Å². The first-order valence-corrected chi connectivity index (χ1v) is 10.4. The average Bonchev–Trinajstić information content (AvgIpc) is 3.29. The number of hydrogen-bond acceptors (Lipinski definition) is 6. The number of rotatable bonds is 4. The molecule has 0 bridgehead atoms. The monoisotopic (exact) mass is 430 g/mol. The number of aryl methyl sites for hydroxylation is 1. The van der Waals surface area contributed by atoms with E-state index in [-0.39, 0.29) is 5.91 Å². The predicted octanol–water partition coefficient (Wildman–Crippen LogP) is 3.03. The lowest BCUT2D eigenvalue weighted by Gasteiger charge is -2.33. The molecule has 4 heterocycles. The number of carbonyl (C=O) groups is 1. The maximum atomic E-state index is 13.0. The van der Waals surface area contributed by atoms with E-state index in [0.29, 0.717) is 43.4 Å². The third kappa shape index (κ3) is 4.17. The van der Waals surface area contributed by atoms with E-state index in [1.807, 2.05) is 48.6 Å². The van der Waals surface area contributed by atoms with Crippen LogP contribution < -0.4 is 10.2 Å². The zero-order valence-electron chi connectivity index (χ0n) is 20.7. The predicted molar refractivity (Wildman–Crippen MR) is 126 cm³/mol. The molecule has 0 atom stereocenters. The van der Waals surface area contributed by atoms with E-state index in [1.54, 1.807) is 29.2 Å². The fourth-order valence-electron chi connectivity index (χ4n) is 3.82. The molecule has 0 radical (unpaired) electrons. The Morgan fingerprint density at radius 3 is 2.66 bits per heavy atom. The van der Waals surface area contributed by atoms with Gasteiger partial charge in [-0.3, -0.25) is 9.48 Å². The number of piperazine rings is 1. The number of nitrogens with one attached hydrogen (secondary N) is 1. The molecule has 162 valence electrons. The van der Waals surface area contributed by atoms with Gasteiger partial charge in [-0.15, -0.1) is 0 Å².